The maximum atomic E-state index is 13.5. The largest absolute Gasteiger partial charge is 0.494 e. The number of alkyl halides is 3. The summed E-state index contributed by atoms with van der Waals surface area (Å²) in [6, 6.07) is 3.75. The summed E-state index contributed by atoms with van der Waals surface area (Å²) in [6.07, 6.45) is 3.66. The molecule has 5 nitrogen and oxygen atoms in total. The van der Waals surface area contributed by atoms with E-state index in [0.29, 0.717) is 17.5 Å². The minimum absolute atomic E-state index is 0.135. The van der Waals surface area contributed by atoms with E-state index in [-0.39, 0.29) is 6.54 Å². The van der Waals surface area contributed by atoms with Crippen molar-refractivity contribution in [3.05, 3.63) is 42.3 Å². The van der Waals surface area contributed by atoms with Crippen LogP contribution in [0.25, 0.3) is 10.9 Å². The van der Waals surface area contributed by atoms with Crippen molar-refractivity contribution < 1.29 is 17.9 Å². The van der Waals surface area contributed by atoms with Gasteiger partial charge in [-0.3, -0.25) is 4.68 Å². The van der Waals surface area contributed by atoms with E-state index in [1.165, 1.54) is 18.1 Å². The lowest BCUT2D eigenvalue weighted by Gasteiger charge is -2.30. The maximum absolute atomic E-state index is 13.5. The molecule has 4 rings (SSSR count). The molecule has 8 heteroatoms. The molecule has 27 heavy (non-hydrogen) atoms. The minimum atomic E-state index is -4.44. The van der Waals surface area contributed by atoms with Gasteiger partial charge in [-0.1, -0.05) is 12.2 Å². The molecule has 2 aliphatic rings. The fourth-order valence-electron chi connectivity index (χ4n) is 3.68. The molecule has 0 unspecified atom stereocenters. The van der Waals surface area contributed by atoms with Crippen LogP contribution in [0.5, 0.6) is 5.75 Å². The van der Waals surface area contributed by atoms with Gasteiger partial charge in [-0.2, -0.15) is 18.3 Å². The highest BCUT2D eigenvalue weighted by Gasteiger charge is 2.39. The Kier molecular flexibility index (Phi) is 4.59. The van der Waals surface area contributed by atoms with Crippen molar-refractivity contribution in [2.75, 3.05) is 31.6 Å². The van der Waals surface area contributed by atoms with Gasteiger partial charge in [0.25, 0.3) is 0 Å². The summed E-state index contributed by atoms with van der Waals surface area (Å²) in [5.41, 5.74) is 0.412. The number of allylic oxidation sites excluding steroid dienone is 3. The molecule has 0 spiro atoms. The second-order valence-electron chi connectivity index (χ2n) is 6.76. The molecule has 1 aromatic heterocycles. The van der Waals surface area contributed by atoms with Gasteiger partial charge in [-0.15, -0.1) is 0 Å². The summed E-state index contributed by atoms with van der Waals surface area (Å²) in [6.45, 7) is 2.01. The van der Waals surface area contributed by atoms with Gasteiger partial charge in [0.2, 0.25) is 0 Å². The number of halogens is 3. The summed E-state index contributed by atoms with van der Waals surface area (Å²) in [5.74, 6) is 0.378. The number of nitrogens with zero attached hydrogens (tertiary/aromatic N) is 3. The highest BCUT2D eigenvalue weighted by Crippen LogP contribution is 2.40. The van der Waals surface area contributed by atoms with Crippen molar-refractivity contribution in [1.82, 2.24) is 15.1 Å². The number of hydrogen-bond acceptors (Lipinski definition) is 4. The van der Waals surface area contributed by atoms with Crippen LogP contribution in [0, 0.1) is 0 Å². The van der Waals surface area contributed by atoms with Crippen LogP contribution < -0.4 is 15.0 Å². The molecule has 1 fully saturated rings. The standard InChI is InChI=1S/C19H21F3N4O/c1-27-17-11-15-13(12-26(24-15)14-5-7-23-8-6-14)10-16(17)25-9-3-2-4-18(25)19(20,21)22/h2-4,10-12,14,23H,5-9H2,1H3. The Bertz CT molecular complexity index is 894. The monoisotopic (exact) mass is 378 g/mol. The first-order valence-corrected chi connectivity index (χ1v) is 8.96. The summed E-state index contributed by atoms with van der Waals surface area (Å²) < 4.78 is 47.7. The van der Waals surface area contributed by atoms with E-state index in [4.69, 9.17) is 4.74 Å². The number of benzene rings is 1. The molecule has 3 heterocycles. The van der Waals surface area contributed by atoms with E-state index < -0.39 is 11.9 Å². The fourth-order valence-corrected chi connectivity index (χ4v) is 3.68. The predicted molar refractivity (Wildman–Crippen MR) is 98.0 cm³/mol. The number of fused-ring (bicyclic) bond motifs is 1. The van der Waals surface area contributed by atoms with E-state index >= 15 is 0 Å². The van der Waals surface area contributed by atoms with Crippen LogP contribution in [0.2, 0.25) is 0 Å². The Morgan fingerprint density at radius 3 is 2.70 bits per heavy atom. The van der Waals surface area contributed by atoms with E-state index in [2.05, 4.69) is 10.4 Å². The predicted octanol–water partition coefficient (Wildman–Crippen LogP) is 3.79. The zero-order valence-electron chi connectivity index (χ0n) is 15.0. The number of nitrogens with one attached hydrogen (secondary N) is 1. The Labute approximate surface area is 155 Å². The molecule has 2 aromatic rings. The van der Waals surface area contributed by atoms with Crippen LogP contribution in [0.15, 0.2) is 42.3 Å². The first-order chi connectivity index (χ1) is 13.0. The lowest BCUT2D eigenvalue weighted by Crippen LogP contribution is -2.33. The number of anilines is 1. The van der Waals surface area contributed by atoms with Crippen molar-refractivity contribution >= 4 is 16.6 Å². The summed E-state index contributed by atoms with van der Waals surface area (Å²) >= 11 is 0. The Morgan fingerprint density at radius 1 is 1.22 bits per heavy atom. The normalized spacial score (nSPS) is 18.8. The van der Waals surface area contributed by atoms with Crippen LogP contribution in [0.4, 0.5) is 18.9 Å². The van der Waals surface area contributed by atoms with Crippen molar-refractivity contribution in [2.45, 2.75) is 25.1 Å². The Morgan fingerprint density at radius 2 is 2.00 bits per heavy atom. The second-order valence-corrected chi connectivity index (χ2v) is 6.76. The first-order valence-electron chi connectivity index (χ1n) is 8.96. The third kappa shape index (κ3) is 3.41. The van der Waals surface area contributed by atoms with Gasteiger partial charge in [-0.25, -0.2) is 0 Å². The van der Waals surface area contributed by atoms with E-state index in [1.54, 1.807) is 18.2 Å². The van der Waals surface area contributed by atoms with Gasteiger partial charge in [-0.05, 0) is 38.1 Å². The minimum Gasteiger partial charge on any atom is -0.494 e. The van der Waals surface area contributed by atoms with Crippen LogP contribution in [0.1, 0.15) is 18.9 Å². The van der Waals surface area contributed by atoms with Crippen LogP contribution >= 0.6 is 0 Å². The molecule has 1 saturated heterocycles. The number of piperidine rings is 1. The summed E-state index contributed by atoms with van der Waals surface area (Å²) in [7, 11) is 1.46. The second kappa shape index (κ2) is 6.92. The SMILES string of the molecule is COc1cc2nn(C3CCNCC3)cc2cc1N1CC=CC=C1C(F)(F)F. The maximum Gasteiger partial charge on any atom is 0.431 e. The molecule has 0 aliphatic carbocycles. The van der Waals surface area contributed by atoms with E-state index in [9.17, 15) is 13.2 Å². The van der Waals surface area contributed by atoms with Gasteiger partial charge >= 0.3 is 6.18 Å². The van der Waals surface area contributed by atoms with Gasteiger partial charge in [0.1, 0.15) is 11.4 Å². The number of rotatable bonds is 3. The average molecular weight is 378 g/mol. The molecule has 0 atom stereocenters. The number of aromatic nitrogens is 2. The van der Waals surface area contributed by atoms with Crippen LogP contribution in [-0.4, -0.2) is 42.7 Å². The smallest absolute Gasteiger partial charge is 0.431 e. The number of hydrogen-bond donors (Lipinski definition) is 1. The Balaban J connectivity index is 1.76. The highest BCUT2D eigenvalue weighted by atomic mass is 19.4. The van der Waals surface area contributed by atoms with Gasteiger partial charge in [0, 0.05) is 24.2 Å². The van der Waals surface area contributed by atoms with Crippen LogP contribution in [-0.2, 0) is 0 Å². The Hall–Kier alpha value is -2.48. The molecule has 2 aliphatic heterocycles. The third-order valence-corrected chi connectivity index (χ3v) is 5.06. The average Bonchev–Trinajstić information content (AvgIpc) is 3.10. The summed E-state index contributed by atoms with van der Waals surface area (Å²) in [5, 5.41) is 8.77. The fraction of sp³-hybridized carbons (Fsp3) is 0.421. The molecule has 0 bridgehead atoms. The lowest BCUT2D eigenvalue weighted by molar-refractivity contribution is -0.0933. The van der Waals surface area contributed by atoms with E-state index in [1.807, 2.05) is 10.9 Å². The third-order valence-electron chi connectivity index (χ3n) is 5.06. The number of methoxy groups -OCH3 is 1. The molecule has 1 aromatic carbocycles. The van der Waals surface area contributed by atoms with Gasteiger partial charge in [0.15, 0.2) is 0 Å². The molecule has 0 radical (unpaired) electrons. The van der Waals surface area contributed by atoms with Crippen molar-refractivity contribution in [1.29, 1.82) is 0 Å². The summed E-state index contributed by atoms with van der Waals surface area (Å²) in [4.78, 5) is 1.24. The van der Waals surface area contributed by atoms with Gasteiger partial charge < -0.3 is 15.0 Å². The molecular weight excluding hydrogens is 357 g/mol. The molecule has 0 saturated carbocycles. The lowest BCUT2D eigenvalue weighted by atomic mass is 10.1. The topological polar surface area (TPSA) is 42.3 Å². The van der Waals surface area contributed by atoms with E-state index in [0.717, 1.165) is 42.9 Å². The molecule has 144 valence electrons. The van der Waals surface area contributed by atoms with Crippen molar-refractivity contribution in [3.63, 3.8) is 0 Å². The van der Waals surface area contributed by atoms with Crippen LogP contribution in [0.3, 0.4) is 0 Å². The number of ether oxygens (including phenoxy) is 1. The van der Waals surface area contributed by atoms with Gasteiger partial charge in [0.05, 0.1) is 24.4 Å². The van der Waals surface area contributed by atoms with Crippen molar-refractivity contribution in [2.24, 2.45) is 0 Å². The first kappa shape index (κ1) is 17.9. The molecular formula is C19H21F3N4O. The zero-order valence-corrected chi connectivity index (χ0v) is 15.0. The molecule has 0 amide bonds. The quantitative estimate of drug-likeness (QED) is 0.883. The molecule has 1 N–H and O–H groups in total. The zero-order chi connectivity index (χ0) is 19.0. The van der Waals surface area contributed by atoms with Crippen molar-refractivity contribution in [3.8, 4) is 5.75 Å². The highest BCUT2D eigenvalue weighted by molar-refractivity contribution is 5.86.